The van der Waals surface area contributed by atoms with Crippen LogP contribution in [-0.2, 0) is 14.9 Å². The average Bonchev–Trinajstić information content (AvgIpc) is 3.76. The molecule has 37 heavy (non-hydrogen) atoms. The lowest BCUT2D eigenvalue weighted by molar-refractivity contribution is -0.150. The number of nitrogens with zero attached hydrogens (tertiary/aromatic N) is 1. The number of carbonyl (C=O) groups is 1. The van der Waals surface area contributed by atoms with Crippen molar-refractivity contribution in [3.05, 3.63) is 65.7 Å². The van der Waals surface area contributed by atoms with Crippen LogP contribution in [0.2, 0.25) is 0 Å². The Kier molecular flexibility index (Phi) is 7.59. The first-order valence-corrected chi connectivity index (χ1v) is 13.5. The lowest BCUT2D eigenvalue weighted by atomic mass is 9.55. The zero-order valence-corrected chi connectivity index (χ0v) is 22.4. The fourth-order valence-electron chi connectivity index (χ4n) is 6.62. The molecule has 2 saturated carbocycles. The van der Waals surface area contributed by atoms with Crippen molar-refractivity contribution >= 4 is 12.0 Å². The molecule has 5 rings (SSSR count). The third-order valence-corrected chi connectivity index (χ3v) is 8.79. The second kappa shape index (κ2) is 10.9. The third kappa shape index (κ3) is 5.41. The molecular weight excluding hydrogens is 464 g/mol. The molecule has 3 atom stereocenters. The number of nitrogens with one attached hydrogen (secondary N) is 1. The molecule has 6 heteroatoms. The minimum Gasteiger partial charge on any atom is -0.497 e. The van der Waals surface area contributed by atoms with Gasteiger partial charge in [-0.3, -0.25) is 4.79 Å². The number of amides is 1. The Balaban J connectivity index is 1.37. The molecule has 6 nitrogen and oxygen atoms in total. The standard InChI is InChI=1S/C31H40N2O4/c1-35-27-8-4-6-23(18-27)12-13-29(34)32-26-14-15-31(37-3)22-33(21-24-10-11-24)17-16-30(31,20-26)25-7-5-9-28(19-25)36-2/h4-9,12-13,18-19,24,26H,10-11,14-17,20-22H2,1-3H3,(H,32,34)/t26-,30+,31+/m1/s1. The van der Waals surface area contributed by atoms with E-state index in [1.54, 1.807) is 20.3 Å². The second-order valence-corrected chi connectivity index (χ2v) is 11.0. The largest absolute Gasteiger partial charge is 0.497 e. The van der Waals surface area contributed by atoms with Crippen molar-refractivity contribution in [2.24, 2.45) is 5.92 Å². The van der Waals surface area contributed by atoms with E-state index in [9.17, 15) is 4.79 Å². The van der Waals surface area contributed by atoms with Gasteiger partial charge >= 0.3 is 0 Å². The second-order valence-electron chi connectivity index (χ2n) is 11.0. The maximum absolute atomic E-state index is 13.0. The maximum Gasteiger partial charge on any atom is 0.244 e. The number of hydrogen-bond acceptors (Lipinski definition) is 5. The average molecular weight is 505 g/mol. The van der Waals surface area contributed by atoms with Crippen molar-refractivity contribution in [2.75, 3.05) is 41.0 Å². The Labute approximate surface area is 221 Å². The Morgan fingerprint density at radius 1 is 1.03 bits per heavy atom. The van der Waals surface area contributed by atoms with Gasteiger partial charge in [0.05, 0.1) is 19.8 Å². The molecule has 0 bridgehead atoms. The summed E-state index contributed by atoms with van der Waals surface area (Å²) in [5.41, 5.74) is 1.71. The van der Waals surface area contributed by atoms with E-state index in [4.69, 9.17) is 14.2 Å². The summed E-state index contributed by atoms with van der Waals surface area (Å²) in [5.74, 6) is 2.43. The van der Waals surface area contributed by atoms with Gasteiger partial charge in [0.25, 0.3) is 0 Å². The van der Waals surface area contributed by atoms with Crippen LogP contribution in [0.4, 0.5) is 0 Å². The molecule has 1 amide bonds. The summed E-state index contributed by atoms with van der Waals surface area (Å²) < 4.78 is 17.4. The summed E-state index contributed by atoms with van der Waals surface area (Å²) in [5, 5.41) is 3.31. The Morgan fingerprint density at radius 3 is 2.51 bits per heavy atom. The van der Waals surface area contributed by atoms with Crippen LogP contribution >= 0.6 is 0 Å². The van der Waals surface area contributed by atoms with Crippen LogP contribution in [0.1, 0.15) is 49.7 Å². The number of methoxy groups -OCH3 is 3. The van der Waals surface area contributed by atoms with Crippen molar-refractivity contribution in [1.82, 2.24) is 10.2 Å². The SMILES string of the molecule is COc1cccc(C=CC(=O)N[C@@H]2CC[C@]3(OC)CN(CC4CC4)CC[C@@]3(c3cccc(OC)c3)C2)c1. The van der Waals surface area contributed by atoms with E-state index in [0.29, 0.717) is 0 Å². The van der Waals surface area contributed by atoms with Crippen LogP contribution in [0, 0.1) is 5.92 Å². The topological polar surface area (TPSA) is 60.0 Å². The zero-order valence-electron chi connectivity index (χ0n) is 22.4. The van der Waals surface area contributed by atoms with Crippen LogP contribution in [0.25, 0.3) is 6.08 Å². The Morgan fingerprint density at radius 2 is 1.78 bits per heavy atom. The molecule has 198 valence electrons. The lowest BCUT2D eigenvalue weighted by Crippen LogP contribution is -2.68. The smallest absolute Gasteiger partial charge is 0.244 e. The molecule has 2 aromatic carbocycles. The summed E-state index contributed by atoms with van der Waals surface area (Å²) in [6.07, 6.45) is 9.85. The minimum atomic E-state index is -0.288. The molecule has 0 unspecified atom stereocenters. The van der Waals surface area contributed by atoms with Crippen LogP contribution in [0.15, 0.2) is 54.6 Å². The number of fused-ring (bicyclic) bond motifs is 1. The molecule has 0 spiro atoms. The van der Waals surface area contributed by atoms with E-state index in [0.717, 1.165) is 61.8 Å². The Bertz CT molecular complexity index is 1130. The van der Waals surface area contributed by atoms with E-state index < -0.39 is 0 Å². The van der Waals surface area contributed by atoms with Gasteiger partial charge in [-0.15, -0.1) is 0 Å². The number of carbonyl (C=O) groups excluding carboxylic acids is 1. The summed E-state index contributed by atoms with van der Waals surface area (Å²) in [6, 6.07) is 16.3. The molecule has 1 saturated heterocycles. The monoisotopic (exact) mass is 504 g/mol. The molecule has 0 radical (unpaired) electrons. The summed E-state index contributed by atoms with van der Waals surface area (Å²) in [7, 11) is 5.25. The van der Waals surface area contributed by atoms with E-state index >= 15 is 0 Å². The predicted octanol–water partition coefficient (Wildman–Crippen LogP) is 4.82. The number of likely N-dealkylation sites (tertiary alicyclic amines) is 1. The normalized spacial score (nSPS) is 28.0. The number of hydrogen-bond donors (Lipinski definition) is 1. The first-order valence-electron chi connectivity index (χ1n) is 13.5. The minimum absolute atomic E-state index is 0.0651. The predicted molar refractivity (Wildman–Crippen MR) is 146 cm³/mol. The molecule has 1 aliphatic heterocycles. The van der Waals surface area contributed by atoms with Crippen LogP contribution in [0.5, 0.6) is 11.5 Å². The highest BCUT2D eigenvalue weighted by Gasteiger charge is 2.59. The third-order valence-electron chi connectivity index (χ3n) is 8.79. The molecule has 2 aliphatic carbocycles. The van der Waals surface area contributed by atoms with Crippen molar-refractivity contribution in [3.8, 4) is 11.5 Å². The summed E-state index contributed by atoms with van der Waals surface area (Å²) >= 11 is 0. The summed E-state index contributed by atoms with van der Waals surface area (Å²) in [6.45, 7) is 3.16. The molecule has 1 N–H and O–H groups in total. The van der Waals surface area contributed by atoms with Crippen molar-refractivity contribution in [3.63, 3.8) is 0 Å². The van der Waals surface area contributed by atoms with Crippen LogP contribution < -0.4 is 14.8 Å². The highest BCUT2D eigenvalue weighted by molar-refractivity contribution is 5.92. The van der Waals surface area contributed by atoms with Crippen LogP contribution in [-0.4, -0.2) is 63.4 Å². The van der Waals surface area contributed by atoms with Gasteiger partial charge in [0, 0.05) is 37.7 Å². The van der Waals surface area contributed by atoms with Crippen molar-refractivity contribution < 1.29 is 19.0 Å². The van der Waals surface area contributed by atoms with Gasteiger partial charge in [0.1, 0.15) is 11.5 Å². The first kappa shape index (κ1) is 25.8. The molecule has 0 aromatic heterocycles. The molecular formula is C31H40N2O4. The fourth-order valence-corrected chi connectivity index (χ4v) is 6.62. The quantitative estimate of drug-likeness (QED) is 0.496. The van der Waals surface area contributed by atoms with Crippen molar-refractivity contribution in [2.45, 2.75) is 55.6 Å². The number of ether oxygens (including phenoxy) is 3. The molecule has 2 aromatic rings. The van der Waals surface area contributed by atoms with Gasteiger partial charge in [0.2, 0.25) is 5.91 Å². The van der Waals surface area contributed by atoms with Gasteiger partial charge in [-0.2, -0.15) is 0 Å². The van der Waals surface area contributed by atoms with Crippen molar-refractivity contribution in [1.29, 1.82) is 0 Å². The summed E-state index contributed by atoms with van der Waals surface area (Å²) in [4.78, 5) is 15.6. The lowest BCUT2D eigenvalue weighted by Gasteiger charge is -2.60. The molecule has 3 aliphatic rings. The number of rotatable bonds is 9. The van der Waals surface area contributed by atoms with Gasteiger partial charge in [-0.1, -0.05) is 24.3 Å². The van der Waals surface area contributed by atoms with E-state index in [1.165, 1.54) is 24.9 Å². The number of piperidine rings is 1. The molecule has 3 fully saturated rings. The first-order chi connectivity index (χ1) is 18.0. The van der Waals surface area contributed by atoms with Crippen LogP contribution in [0.3, 0.4) is 0 Å². The van der Waals surface area contributed by atoms with E-state index in [2.05, 4.69) is 28.4 Å². The van der Waals surface area contributed by atoms with Gasteiger partial charge in [-0.25, -0.2) is 0 Å². The highest BCUT2D eigenvalue weighted by atomic mass is 16.5. The van der Waals surface area contributed by atoms with Gasteiger partial charge in [0.15, 0.2) is 0 Å². The fraction of sp³-hybridized carbons (Fsp3) is 0.516. The number of benzene rings is 2. The van der Waals surface area contributed by atoms with E-state index in [-0.39, 0.29) is 23.0 Å². The Hall–Kier alpha value is -2.83. The van der Waals surface area contributed by atoms with Gasteiger partial charge in [-0.05, 0) is 92.5 Å². The van der Waals surface area contributed by atoms with E-state index in [1.807, 2.05) is 43.5 Å². The zero-order chi connectivity index (χ0) is 25.9. The molecule has 1 heterocycles. The van der Waals surface area contributed by atoms with Gasteiger partial charge < -0.3 is 24.4 Å². The maximum atomic E-state index is 13.0. The highest BCUT2D eigenvalue weighted by Crippen LogP contribution is 2.54.